The molecule has 0 spiro atoms. The van der Waals surface area contributed by atoms with Crippen LogP contribution in [0.25, 0.3) is 0 Å². The van der Waals surface area contributed by atoms with Gasteiger partial charge in [0, 0.05) is 18.1 Å². The molecule has 0 aliphatic heterocycles. The lowest BCUT2D eigenvalue weighted by atomic mass is 10.2. The first kappa shape index (κ1) is 16.8. The Morgan fingerprint density at radius 3 is 2.18 bits per heavy atom. The van der Waals surface area contributed by atoms with Crippen molar-refractivity contribution in [1.29, 1.82) is 0 Å². The van der Waals surface area contributed by atoms with Crippen molar-refractivity contribution >= 4 is 17.7 Å². The Labute approximate surface area is 111 Å². The van der Waals surface area contributed by atoms with E-state index in [9.17, 15) is 4.79 Å². The van der Waals surface area contributed by atoms with Crippen molar-refractivity contribution in [3.05, 3.63) is 0 Å². The molecule has 0 heterocycles. The zero-order valence-electron chi connectivity index (χ0n) is 11.9. The molecule has 1 unspecified atom stereocenters. The van der Waals surface area contributed by atoms with Crippen molar-refractivity contribution in [2.24, 2.45) is 11.7 Å². The summed E-state index contributed by atoms with van der Waals surface area (Å²) in [6, 6.07) is 0. The zero-order chi connectivity index (χ0) is 13.3. The molecule has 0 aliphatic rings. The number of thioether (sulfide) groups is 1. The quantitative estimate of drug-likeness (QED) is 0.483. The first-order valence-corrected chi connectivity index (χ1v) is 7.89. The topological polar surface area (TPSA) is 43.1 Å². The molecule has 1 atom stereocenters. The van der Waals surface area contributed by atoms with Gasteiger partial charge in [0.05, 0.1) is 26.2 Å². The lowest BCUT2D eigenvalue weighted by molar-refractivity contribution is -0.923. The fourth-order valence-corrected chi connectivity index (χ4v) is 3.01. The molecule has 0 aromatic carbocycles. The number of carbonyl (C=O) groups is 1. The second-order valence-corrected chi connectivity index (χ2v) is 5.90. The monoisotopic (exact) mass is 261 g/mol. The molecule has 0 fully saturated rings. The highest BCUT2D eigenvalue weighted by Gasteiger charge is 2.19. The second-order valence-electron chi connectivity index (χ2n) is 4.75. The number of quaternary nitrogens is 1. The summed E-state index contributed by atoms with van der Waals surface area (Å²) in [4.78, 5) is 10.9. The Hall–Kier alpha value is -0.220. The Kier molecular flexibility index (Phi) is 8.70. The van der Waals surface area contributed by atoms with Crippen LogP contribution in [0.1, 0.15) is 34.1 Å². The summed E-state index contributed by atoms with van der Waals surface area (Å²) in [6.07, 6.45) is 1.23. The zero-order valence-corrected chi connectivity index (χ0v) is 12.7. The maximum Gasteiger partial charge on any atom is 0.221 e. The van der Waals surface area contributed by atoms with E-state index in [0.29, 0.717) is 0 Å². The van der Waals surface area contributed by atoms with Crippen LogP contribution in [0.15, 0.2) is 0 Å². The highest BCUT2D eigenvalue weighted by atomic mass is 32.2. The fourth-order valence-electron chi connectivity index (χ4n) is 1.99. The van der Waals surface area contributed by atoms with Gasteiger partial charge in [-0.15, -0.1) is 0 Å². The molecule has 4 heteroatoms. The van der Waals surface area contributed by atoms with Crippen molar-refractivity contribution in [1.82, 2.24) is 0 Å². The van der Waals surface area contributed by atoms with E-state index in [2.05, 4.69) is 20.8 Å². The van der Waals surface area contributed by atoms with Crippen LogP contribution in [0, 0.1) is 5.92 Å². The summed E-state index contributed by atoms with van der Waals surface area (Å²) in [5.74, 6) is 1.82. The highest BCUT2D eigenvalue weighted by molar-refractivity contribution is 7.99. The van der Waals surface area contributed by atoms with Gasteiger partial charge in [-0.3, -0.25) is 4.79 Å². The molecular formula is C13H29N2OS+. The van der Waals surface area contributed by atoms with E-state index in [4.69, 9.17) is 5.73 Å². The summed E-state index contributed by atoms with van der Waals surface area (Å²) in [5, 5.41) is 0. The molecule has 102 valence electrons. The number of nitrogens with two attached hydrogens (primary N) is 1. The van der Waals surface area contributed by atoms with Gasteiger partial charge >= 0.3 is 0 Å². The fraction of sp³-hybridized carbons (Fsp3) is 0.923. The maximum atomic E-state index is 10.9. The summed E-state index contributed by atoms with van der Waals surface area (Å²) in [6.45, 7) is 13.6. The van der Waals surface area contributed by atoms with Gasteiger partial charge in [-0.1, -0.05) is 6.92 Å². The first-order chi connectivity index (χ1) is 8.01. The predicted molar refractivity (Wildman–Crippen MR) is 77.1 cm³/mol. The molecule has 0 rings (SSSR count). The second kappa shape index (κ2) is 8.81. The van der Waals surface area contributed by atoms with Gasteiger partial charge in [-0.25, -0.2) is 0 Å². The van der Waals surface area contributed by atoms with Gasteiger partial charge < -0.3 is 10.2 Å². The van der Waals surface area contributed by atoms with E-state index < -0.39 is 0 Å². The van der Waals surface area contributed by atoms with Gasteiger partial charge in [-0.05, 0) is 26.5 Å². The molecule has 0 aromatic heterocycles. The summed E-state index contributed by atoms with van der Waals surface area (Å²) in [7, 11) is 0. The maximum absolute atomic E-state index is 10.9. The average Bonchev–Trinajstić information content (AvgIpc) is 2.34. The van der Waals surface area contributed by atoms with Gasteiger partial charge in [0.1, 0.15) is 0 Å². The van der Waals surface area contributed by atoms with Crippen LogP contribution in [0.3, 0.4) is 0 Å². The Balaban J connectivity index is 3.73. The Bertz CT molecular complexity index is 209. The Morgan fingerprint density at radius 2 is 1.76 bits per heavy atom. The van der Waals surface area contributed by atoms with E-state index in [-0.39, 0.29) is 11.8 Å². The number of carbonyl (C=O) groups excluding carboxylic acids is 1. The SMILES string of the molecule is CC[N+](CC)(CC)CCCSCC(C)C(N)=O. The minimum atomic E-state index is -0.182. The molecule has 0 bridgehead atoms. The third-order valence-corrected chi connectivity index (χ3v) is 5.10. The van der Waals surface area contributed by atoms with Crippen LogP contribution in [0.2, 0.25) is 0 Å². The minimum Gasteiger partial charge on any atom is -0.369 e. The smallest absolute Gasteiger partial charge is 0.221 e. The standard InChI is InChI=1S/C13H28N2OS/c1-5-15(6-2,7-3)9-8-10-17-11-12(4)13(14)16/h12H,5-11H2,1-4H3,(H-,14,16)/p+1. The minimum absolute atomic E-state index is 0.00257. The van der Waals surface area contributed by atoms with E-state index in [1.807, 2.05) is 18.7 Å². The number of hydrogen-bond donors (Lipinski definition) is 1. The molecule has 0 aromatic rings. The van der Waals surface area contributed by atoms with Gasteiger partial charge in [0.2, 0.25) is 5.91 Å². The molecule has 3 nitrogen and oxygen atoms in total. The first-order valence-electron chi connectivity index (χ1n) is 6.73. The summed E-state index contributed by atoms with van der Waals surface area (Å²) in [5.41, 5.74) is 5.23. The molecule has 2 N–H and O–H groups in total. The number of amides is 1. The van der Waals surface area contributed by atoms with Crippen molar-refractivity contribution in [2.75, 3.05) is 37.7 Å². The predicted octanol–water partition coefficient (Wildman–Crippen LogP) is 2.11. The molecular weight excluding hydrogens is 232 g/mol. The largest absolute Gasteiger partial charge is 0.369 e. The van der Waals surface area contributed by atoms with E-state index >= 15 is 0 Å². The van der Waals surface area contributed by atoms with Crippen LogP contribution in [-0.4, -0.2) is 48.1 Å². The summed E-state index contributed by atoms with van der Waals surface area (Å²) < 4.78 is 1.21. The van der Waals surface area contributed by atoms with Crippen LogP contribution >= 0.6 is 11.8 Å². The number of hydrogen-bond acceptors (Lipinski definition) is 2. The average molecular weight is 261 g/mol. The van der Waals surface area contributed by atoms with Gasteiger partial charge in [-0.2, -0.15) is 11.8 Å². The van der Waals surface area contributed by atoms with E-state index in [1.54, 1.807) is 0 Å². The molecule has 0 aliphatic carbocycles. The van der Waals surface area contributed by atoms with Crippen LogP contribution in [0.4, 0.5) is 0 Å². The normalized spacial score (nSPS) is 13.6. The van der Waals surface area contributed by atoms with Gasteiger partial charge in [0.15, 0.2) is 0 Å². The number of rotatable bonds is 10. The van der Waals surface area contributed by atoms with E-state index in [0.717, 1.165) is 11.5 Å². The van der Waals surface area contributed by atoms with Crippen LogP contribution in [0.5, 0.6) is 0 Å². The van der Waals surface area contributed by atoms with Crippen LogP contribution < -0.4 is 5.73 Å². The van der Waals surface area contributed by atoms with Crippen molar-refractivity contribution in [2.45, 2.75) is 34.1 Å². The number of nitrogens with zero attached hydrogens (tertiary/aromatic N) is 1. The molecule has 0 saturated carbocycles. The number of primary amides is 1. The highest BCUT2D eigenvalue weighted by Crippen LogP contribution is 2.12. The molecule has 1 amide bonds. The molecule has 17 heavy (non-hydrogen) atoms. The lowest BCUT2D eigenvalue weighted by Gasteiger charge is -2.35. The Morgan fingerprint density at radius 1 is 1.24 bits per heavy atom. The third-order valence-electron chi connectivity index (χ3n) is 3.79. The van der Waals surface area contributed by atoms with Crippen molar-refractivity contribution in [3.8, 4) is 0 Å². The lowest BCUT2D eigenvalue weighted by Crippen LogP contribution is -2.48. The van der Waals surface area contributed by atoms with Crippen LogP contribution in [-0.2, 0) is 4.79 Å². The van der Waals surface area contributed by atoms with Crippen molar-refractivity contribution in [3.63, 3.8) is 0 Å². The summed E-state index contributed by atoms with van der Waals surface area (Å²) >= 11 is 1.85. The third kappa shape index (κ3) is 6.32. The molecule has 0 saturated heterocycles. The van der Waals surface area contributed by atoms with Gasteiger partial charge in [0.25, 0.3) is 0 Å². The van der Waals surface area contributed by atoms with E-state index in [1.165, 1.54) is 37.1 Å². The molecule has 0 radical (unpaired) electrons. The van der Waals surface area contributed by atoms with Crippen molar-refractivity contribution < 1.29 is 9.28 Å².